The van der Waals surface area contributed by atoms with Gasteiger partial charge in [-0.25, -0.2) is 8.42 Å². The van der Waals surface area contributed by atoms with E-state index in [9.17, 15) is 18.0 Å². The number of fused-ring (bicyclic) bond motifs is 2. The normalized spacial score (nSPS) is 16.3. The van der Waals surface area contributed by atoms with Crippen molar-refractivity contribution in [3.63, 3.8) is 0 Å². The third kappa shape index (κ3) is 3.92. The summed E-state index contributed by atoms with van der Waals surface area (Å²) >= 11 is 1.12. The van der Waals surface area contributed by atoms with Crippen molar-refractivity contribution in [3.05, 3.63) is 52.1 Å². The molecular formula is C21H23N3O5S2. The van der Waals surface area contributed by atoms with Crippen LogP contribution < -0.4 is 19.2 Å². The van der Waals surface area contributed by atoms with Crippen LogP contribution >= 0.6 is 11.3 Å². The first-order valence-corrected chi connectivity index (χ1v) is 12.4. The van der Waals surface area contributed by atoms with E-state index < -0.39 is 22.0 Å². The molecule has 164 valence electrons. The molecule has 0 radical (unpaired) electrons. The first-order chi connectivity index (χ1) is 14.7. The van der Waals surface area contributed by atoms with Crippen LogP contribution in [0.15, 0.2) is 47.3 Å². The average Bonchev–Trinajstić information content (AvgIpc) is 3.07. The average molecular weight is 462 g/mol. The largest absolute Gasteiger partial charge is 0.476 e. The number of rotatable bonds is 5. The fourth-order valence-corrected chi connectivity index (χ4v) is 5.76. The standard InChI is InChI=1S/C21H23N3O5S2/c1-4-31(27,28)23-12-18(29-17-8-6-5-7-15(17)23)20(25)22-14-9-10-16-19(11-14)30-21(26)24(16)13(2)3/h5-11,13,18H,4,12H2,1-3H3,(H,22,25)/t18-/m0/s1. The van der Waals surface area contributed by atoms with Gasteiger partial charge in [-0.2, -0.15) is 0 Å². The first-order valence-electron chi connectivity index (χ1n) is 9.93. The van der Waals surface area contributed by atoms with Gasteiger partial charge in [-0.05, 0) is 51.1 Å². The topological polar surface area (TPSA) is 97.7 Å². The number of sulfonamides is 1. The Balaban J connectivity index is 1.61. The number of carbonyl (C=O) groups is 1. The smallest absolute Gasteiger partial charge is 0.308 e. The zero-order chi connectivity index (χ0) is 22.3. The molecule has 0 bridgehead atoms. The lowest BCUT2D eigenvalue weighted by atomic mass is 10.2. The van der Waals surface area contributed by atoms with E-state index in [2.05, 4.69) is 5.32 Å². The summed E-state index contributed by atoms with van der Waals surface area (Å²) in [6.45, 7) is 5.33. The lowest BCUT2D eigenvalue weighted by Crippen LogP contribution is -2.49. The maximum atomic E-state index is 12.9. The van der Waals surface area contributed by atoms with Crippen LogP contribution in [0, 0.1) is 0 Å². The summed E-state index contributed by atoms with van der Waals surface area (Å²) in [6, 6.07) is 12.1. The molecule has 0 aliphatic carbocycles. The van der Waals surface area contributed by atoms with Gasteiger partial charge >= 0.3 is 4.87 Å². The molecule has 31 heavy (non-hydrogen) atoms. The van der Waals surface area contributed by atoms with Gasteiger partial charge in [0.15, 0.2) is 6.10 Å². The zero-order valence-corrected chi connectivity index (χ0v) is 19.0. The quantitative estimate of drug-likeness (QED) is 0.629. The minimum Gasteiger partial charge on any atom is -0.476 e. The molecule has 1 N–H and O–H groups in total. The summed E-state index contributed by atoms with van der Waals surface area (Å²) in [7, 11) is -3.58. The number of ether oxygens (including phenoxy) is 1. The summed E-state index contributed by atoms with van der Waals surface area (Å²) in [4.78, 5) is 25.1. The van der Waals surface area contributed by atoms with E-state index >= 15 is 0 Å². The van der Waals surface area contributed by atoms with Gasteiger partial charge in [-0.15, -0.1) is 0 Å². The lowest BCUT2D eigenvalue weighted by molar-refractivity contribution is -0.122. The summed E-state index contributed by atoms with van der Waals surface area (Å²) in [5.74, 6) is -0.202. The second-order valence-corrected chi connectivity index (χ2v) is 10.7. The Hall–Kier alpha value is -2.85. The summed E-state index contributed by atoms with van der Waals surface area (Å²) < 4.78 is 34.7. The van der Waals surface area contributed by atoms with Crippen molar-refractivity contribution in [2.75, 3.05) is 21.9 Å². The highest BCUT2D eigenvalue weighted by molar-refractivity contribution is 7.92. The van der Waals surface area contributed by atoms with Crippen molar-refractivity contribution in [1.82, 2.24) is 4.57 Å². The van der Waals surface area contributed by atoms with Crippen LogP contribution in [0.4, 0.5) is 11.4 Å². The van der Waals surface area contributed by atoms with Crippen LogP contribution in [0.5, 0.6) is 5.75 Å². The molecule has 3 aromatic rings. The van der Waals surface area contributed by atoms with E-state index in [0.29, 0.717) is 17.1 Å². The fourth-order valence-electron chi connectivity index (χ4n) is 3.58. The molecule has 1 amide bonds. The SMILES string of the molecule is CCS(=O)(=O)N1C[C@@H](C(=O)Nc2ccc3c(c2)sc(=O)n3C(C)C)Oc2ccccc21. The van der Waals surface area contributed by atoms with Gasteiger partial charge in [-0.1, -0.05) is 23.5 Å². The van der Waals surface area contributed by atoms with E-state index in [1.165, 1.54) is 4.31 Å². The molecule has 0 spiro atoms. The molecule has 10 heteroatoms. The minimum absolute atomic E-state index is 0.0314. The summed E-state index contributed by atoms with van der Waals surface area (Å²) in [6.07, 6.45) is -1.01. The number of hydrogen-bond donors (Lipinski definition) is 1. The Labute approximate surface area is 184 Å². The van der Waals surface area contributed by atoms with Crippen LogP contribution in [-0.2, 0) is 14.8 Å². The Morgan fingerprint density at radius 1 is 1.26 bits per heavy atom. The maximum Gasteiger partial charge on any atom is 0.308 e. The highest BCUT2D eigenvalue weighted by atomic mass is 32.2. The van der Waals surface area contributed by atoms with Gasteiger partial charge in [0, 0.05) is 11.7 Å². The number of nitrogens with zero attached hydrogens (tertiary/aromatic N) is 2. The first kappa shape index (κ1) is 21.4. The van der Waals surface area contributed by atoms with Crippen LogP contribution in [0.2, 0.25) is 0 Å². The van der Waals surface area contributed by atoms with Gasteiger partial charge in [0.05, 0.1) is 28.2 Å². The van der Waals surface area contributed by atoms with Crippen molar-refractivity contribution in [1.29, 1.82) is 0 Å². The number of amides is 1. The molecule has 4 rings (SSSR count). The molecular weight excluding hydrogens is 438 g/mol. The molecule has 0 fully saturated rings. The molecule has 1 aromatic heterocycles. The Morgan fingerprint density at radius 2 is 2.00 bits per heavy atom. The third-order valence-corrected chi connectivity index (χ3v) is 7.79. The number of anilines is 2. The second-order valence-electron chi connectivity index (χ2n) is 7.51. The van der Waals surface area contributed by atoms with Crippen molar-refractivity contribution in [3.8, 4) is 5.75 Å². The predicted molar refractivity (Wildman–Crippen MR) is 123 cm³/mol. The second kappa shape index (κ2) is 8.01. The number of para-hydroxylation sites is 2. The maximum absolute atomic E-state index is 12.9. The summed E-state index contributed by atoms with van der Waals surface area (Å²) in [5, 5.41) is 2.79. The van der Waals surface area contributed by atoms with Gasteiger partial charge in [0.2, 0.25) is 10.0 Å². The van der Waals surface area contributed by atoms with Crippen LogP contribution in [0.3, 0.4) is 0 Å². The zero-order valence-electron chi connectivity index (χ0n) is 17.4. The predicted octanol–water partition coefficient (Wildman–Crippen LogP) is 3.20. The van der Waals surface area contributed by atoms with Gasteiger partial charge in [0.25, 0.3) is 5.91 Å². The lowest BCUT2D eigenvalue weighted by Gasteiger charge is -2.34. The van der Waals surface area contributed by atoms with Gasteiger partial charge in [0.1, 0.15) is 5.75 Å². The third-order valence-electron chi connectivity index (χ3n) is 5.13. The number of thiazole rings is 1. The molecule has 0 saturated heterocycles. The van der Waals surface area contributed by atoms with Crippen molar-refractivity contribution in [2.45, 2.75) is 32.9 Å². The van der Waals surface area contributed by atoms with E-state index in [-0.39, 0.29) is 23.2 Å². The van der Waals surface area contributed by atoms with E-state index in [1.54, 1.807) is 54.0 Å². The van der Waals surface area contributed by atoms with Crippen molar-refractivity contribution in [2.24, 2.45) is 0 Å². The minimum atomic E-state index is -3.58. The van der Waals surface area contributed by atoms with Crippen molar-refractivity contribution < 1.29 is 17.9 Å². The number of nitrogens with one attached hydrogen (secondary N) is 1. The monoisotopic (exact) mass is 461 g/mol. The Kier molecular flexibility index (Phi) is 5.52. The Morgan fingerprint density at radius 3 is 2.71 bits per heavy atom. The van der Waals surface area contributed by atoms with Gasteiger partial charge < -0.3 is 10.1 Å². The molecule has 2 heterocycles. The fraction of sp³-hybridized carbons (Fsp3) is 0.333. The van der Waals surface area contributed by atoms with Crippen molar-refractivity contribution >= 4 is 48.9 Å². The number of hydrogen-bond acceptors (Lipinski definition) is 6. The highest BCUT2D eigenvalue weighted by Crippen LogP contribution is 2.35. The molecule has 1 aliphatic heterocycles. The van der Waals surface area contributed by atoms with Gasteiger partial charge in [-0.3, -0.25) is 18.5 Å². The molecule has 1 atom stereocenters. The summed E-state index contributed by atoms with van der Waals surface area (Å²) in [5.41, 5.74) is 1.75. The molecule has 0 unspecified atom stereocenters. The van der Waals surface area contributed by atoms with Crippen LogP contribution in [0.25, 0.3) is 10.2 Å². The van der Waals surface area contributed by atoms with E-state index in [1.807, 2.05) is 13.8 Å². The van der Waals surface area contributed by atoms with E-state index in [0.717, 1.165) is 21.6 Å². The molecule has 1 aliphatic rings. The van der Waals surface area contributed by atoms with Crippen LogP contribution in [-0.4, -0.2) is 37.3 Å². The number of carbonyl (C=O) groups excluding carboxylic acids is 1. The van der Waals surface area contributed by atoms with Crippen LogP contribution in [0.1, 0.15) is 26.8 Å². The molecule has 8 nitrogen and oxygen atoms in total. The number of benzene rings is 2. The molecule has 0 saturated carbocycles. The number of aromatic nitrogens is 1. The molecule has 2 aromatic carbocycles. The Bertz CT molecular complexity index is 1310. The van der Waals surface area contributed by atoms with E-state index in [4.69, 9.17) is 4.74 Å². The highest BCUT2D eigenvalue weighted by Gasteiger charge is 2.36.